The number of aryl methyl sites for hydroxylation is 1. The summed E-state index contributed by atoms with van der Waals surface area (Å²) >= 11 is 0. The maximum absolute atomic E-state index is 12.2. The van der Waals surface area contributed by atoms with Crippen LogP contribution >= 0.6 is 0 Å². The van der Waals surface area contributed by atoms with E-state index in [1.165, 1.54) is 7.11 Å². The largest absolute Gasteiger partial charge is 0.482 e. The first-order valence-electron chi connectivity index (χ1n) is 5.91. The quantitative estimate of drug-likeness (QED) is 0.919. The maximum Gasteiger partial charge on any atom is 0.260 e. The van der Waals surface area contributed by atoms with Crippen LogP contribution in [0.3, 0.4) is 0 Å². The van der Waals surface area contributed by atoms with Gasteiger partial charge in [-0.1, -0.05) is 6.07 Å². The van der Waals surface area contributed by atoms with E-state index in [0.717, 1.165) is 0 Å². The molecule has 0 atom stereocenters. The lowest BCUT2D eigenvalue weighted by Gasteiger charge is -2.08. The lowest BCUT2D eigenvalue weighted by Crippen LogP contribution is -2.30. The molecule has 0 radical (unpaired) electrons. The topological polar surface area (TPSA) is 72.7 Å². The molecule has 2 heterocycles. The van der Waals surface area contributed by atoms with Gasteiger partial charge in [0.25, 0.3) is 10.0 Å². The Morgan fingerprint density at radius 1 is 1.37 bits per heavy atom. The van der Waals surface area contributed by atoms with Gasteiger partial charge in [-0.25, -0.2) is 18.1 Å². The number of methoxy groups -OCH3 is 1. The molecule has 0 aliphatic carbocycles. The van der Waals surface area contributed by atoms with Gasteiger partial charge in [-0.3, -0.25) is 4.40 Å². The number of aromatic nitrogens is 2. The van der Waals surface area contributed by atoms with Gasteiger partial charge in [0.1, 0.15) is 5.82 Å². The molecule has 0 aliphatic heterocycles. The van der Waals surface area contributed by atoms with Crippen LogP contribution in [-0.4, -0.2) is 31.0 Å². The second-order valence-corrected chi connectivity index (χ2v) is 6.16. The Morgan fingerprint density at radius 3 is 2.63 bits per heavy atom. The van der Waals surface area contributed by atoms with Crippen molar-refractivity contribution in [2.24, 2.45) is 0 Å². The van der Waals surface area contributed by atoms with Gasteiger partial charge in [-0.05, 0) is 32.9 Å². The highest BCUT2D eigenvalue weighted by atomic mass is 32.2. The third-order valence-electron chi connectivity index (χ3n) is 2.61. The van der Waals surface area contributed by atoms with E-state index in [-0.39, 0.29) is 11.1 Å². The zero-order valence-electron chi connectivity index (χ0n) is 11.3. The molecular weight excluding hydrogens is 266 g/mol. The van der Waals surface area contributed by atoms with Crippen LogP contribution in [0.4, 0.5) is 0 Å². The molecule has 0 aliphatic rings. The molecule has 0 saturated heterocycles. The smallest absolute Gasteiger partial charge is 0.260 e. The number of nitrogens with zero attached hydrogens (tertiary/aromatic N) is 2. The van der Waals surface area contributed by atoms with Gasteiger partial charge in [0.05, 0.1) is 12.6 Å². The predicted molar refractivity (Wildman–Crippen MR) is 71.9 cm³/mol. The van der Waals surface area contributed by atoms with Crippen LogP contribution < -0.4 is 9.46 Å². The normalized spacial score (nSPS) is 12.3. The van der Waals surface area contributed by atoms with Crippen molar-refractivity contribution < 1.29 is 13.2 Å². The fraction of sp³-hybridized carbons (Fsp3) is 0.417. The average Bonchev–Trinajstić information content (AvgIpc) is 2.66. The second kappa shape index (κ2) is 4.82. The molecule has 0 saturated carbocycles. The first-order valence-corrected chi connectivity index (χ1v) is 7.39. The first kappa shape index (κ1) is 13.8. The van der Waals surface area contributed by atoms with Crippen molar-refractivity contribution in [1.82, 2.24) is 14.1 Å². The van der Waals surface area contributed by atoms with Crippen LogP contribution in [0, 0.1) is 6.92 Å². The molecule has 0 spiro atoms. The standard InChI is InChI=1S/C12H17N3O3S/c1-8(2)14-19(16,17)12-10-6-5-7-11(18-4)15(10)9(3)13-12/h5-8,14H,1-4H3. The predicted octanol–water partition coefficient (Wildman–Crippen LogP) is 1.34. The Bertz CT molecular complexity index is 704. The Kier molecular flexibility index (Phi) is 3.51. The number of rotatable bonds is 4. The van der Waals surface area contributed by atoms with Crippen molar-refractivity contribution in [2.45, 2.75) is 31.8 Å². The van der Waals surface area contributed by atoms with Crippen LogP contribution in [0.2, 0.25) is 0 Å². The van der Waals surface area contributed by atoms with Gasteiger partial charge in [0.2, 0.25) is 0 Å². The van der Waals surface area contributed by atoms with Gasteiger partial charge >= 0.3 is 0 Å². The fourth-order valence-corrected chi connectivity index (χ4v) is 3.39. The average molecular weight is 283 g/mol. The summed E-state index contributed by atoms with van der Waals surface area (Å²) in [5.41, 5.74) is 0.505. The fourth-order valence-electron chi connectivity index (χ4n) is 1.97. The number of pyridine rings is 1. The number of ether oxygens (including phenoxy) is 1. The minimum absolute atomic E-state index is 0.0256. The monoisotopic (exact) mass is 283 g/mol. The third kappa shape index (κ3) is 2.43. The van der Waals surface area contributed by atoms with E-state index < -0.39 is 10.0 Å². The van der Waals surface area contributed by atoms with E-state index >= 15 is 0 Å². The van der Waals surface area contributed by atoms with Crippen LogP contribution in [-0.2, 0) is 10.0 Å². The van der Waals surface area contributed by atoms with Gasteiger partial charge in [-0.2, -0.15) is 0 Å². The molecule has 0 bridgehead atoms. The molecule has 19 heavy (non-hydrogen) atoms. The van der Waals surface area contributed by atoms with Crippen LogP contribution in [0.5, 0.6) is 5.88 Å². The summed E-state index contributed by atoms with van der Waals surface area (Å²) < 4.78 is 33.9. The molecule has 2 aromatic rings. The lowest BCUT2D eigenvalue weighted by atomic mass is 10.4. The van der Waals surface area contributed by atoms with Crippen molar-refractivity contribution in [3.63, 3.8) is 0 Å². The molecule has 0 fully saturated rings. The Morgan fingerprint density at radius 2 is 2.05 bits per heavy atom. The zero-order chi connectivity index (χ0) is 14.2. The summed E-state index contributed by atoms with van der Waals surface area (Å²) in [6, 6.07) is 5.02. The van der Waals surface area contributed by atoms with Crippen LogP contribution in [0.25, 0.3) is 5.52 Å². The van der Waals surface area contributed by atoms with E-state index in [2.05, 4.69) is 9.71 Å². The molecule has 1 N–H and O–H groups in total. The SMILES string of the molecule is COc1cccc2c(S(=O)(=O)NC(C)C)nc(C)n12. The van der Waals surface area contributed by atoms with E-state index in [1.54, 1.807) is 43.4 Å². The van der Waals surface area contributed by atoms with Crippen molar-refractivity contribution in [3.8, 4) is 5.88 Å². The minimum Gasteiger partial charge on any atom is -0.482 e. The highest BCUT2D eigenvalue weighted by Crippen LogP contribution is 2.23. The number of imidazole rings is 1. The summed E-state index contributed by atoms with van der Waals surface area (Å²) in [5, 5.41) is 0.0256. The summed E-state index contributed by atoms with van der Waals surface area (Å²) in [6.07, 6.45) is 0. The molecule has 104 valence electrons. The van der Waals surface area contributed by atoms with Gasteiger partial charge in [-0.15, -0.1) is 0 Å². The highest BCUT2D eigenvalue weighted by molar-refractivity contribution is 7.89. The third-order valence-corrected chi connectivity index (χ3v) is 4.21. The van der Waals surface area contributed by atoms with Gasteiger partial charge < -0.3 is 4.74 Å². The molecule has 0 amide bonds. The molecule has 6 nitrogen and oxygen atoms in total. The zero-order valence-corrected chi connectivity index (χ0v) is 12.2. The molecular formula is C12H17N3O3S. The summed E-state index contributed by atoms with van der Waals surface area (Å²) in [4.78, 5) is 4.16. The van der Waals surface area contributed by atoms with Gasteiger partial charge in [0, 0.05) is 6.04 Å². The number of fused-ring (bicyclic) bond motifs is 1. The number of sulfonamides is 1. The molecule has 7 heteroatoms. The Labute approximate surface area is 112 Å². The van der Waals surface area contributed by atoms with Crippen molar-refractivity contribution in [2.75, 3.05) is 7.11 Å². The lowest BCUT2D eigenvalue weighted by molar-refractivity contribution is 0.391. The number of hydrogen-bond acceptors (Lipinski definition) is 4. The maximum atomic E-state index is 12.2. The molecule has 0 aromatic carbocycles. The second-order valence-electron chi connectivity index (χ2n) is 4.53. The molecule has 2 rings (SSSR count). The Hall–Kier alpha value is -1.60. The van der Waals surface area contributed by atoms with Crippen LogP contribution in [0.1, 0.15) is 19.7 Å². The molecule has 2 aromatic heterocycles. The molecule has 0 unspecified atom stereocenters. The first-order chi connectivity index (χ1) is 8.86. The van der Waals surface area contributed by atoms with Crippen molar-refractivity contribution in [3.05, 3.63) is 24.0 Å². The minimum atomic E-state index is -3.63. The summed E-state index contributed by atoms with van der Waals surface area (Å²) in [5.74, 6) is 1.12. The summed E-state index contributed by atoms with van der Waals surface area (Å²) in [6.45, 7) is 5.27. The van der Waals surface area contributed by atoms with E-state index in [0.29, 0.717) is 17.2 Å². The van der Waals surface area contributed by atoms with Crippen molar-refractivity contribution >= 4 is 15.5 Å². The number of nitrogens with one attached hydrogen (secondary N) is 1. The van der Waals surface area contributed by atoms with Crippen molar-refractivity contribution in [1.29, 1.82) is 0 Å². The van der Waals surface area contributed by atoms with E-state index in [9.17, 15) is 8.42 Å². The Balaban J connectivity index is 2.70. The highest BCUT2D eigenvalue weighted by Gasteiger charge is 2.23. The summed E-state index contributed by atoms with van der Waals surface area (Å²) in [7, 11) is -2.09. The number of hydrogen-bond donors (Lipinski definition) is 1. The van der Waals surface area contributed by atoms with Crippen LogP contribution in [0.15, 0.2) is 23.2 Å². The van der Waals surface area contributed by atoms with E-state index in [4.69, 9.17) is 4.74 Å². The van der Waals surface area contributed by atoms with Gasteiger partial charge in [0.15, 0.2) is 10.9 Å². The van der Waals surface area contributed by atoms with E-state index in [1.807, 2.05) is 0 Å².